The van der Waals surface area contributed by atoms with Crippen LogP contribution in [0.25, 0.3) is 11.3 Å². The summed E-state index contributed by atoms with van der Waals surface area (Å²) in [6.45, 7) is 4.76. The lowest BCUT2D eigenvalue weighted by atomic mass is 9.86. The van der Waals surface area contributed by atoms with E-state index < -0.39 is 17.5 Å². The van der Waals surface area contributed by atoms with E-state index in [2.05, 4.69) is 20.4 Å². The van der Waals surface area contributed by atoms with E-state index in [9.17, 15) is 23.4 Å². The number of nitrogens with zero attached hydrogens (tertiary/aromatic N) is 3. The third-order valence-electron chi connectivity index (χ3n) is 6.69. The minimum atomic E-state index is -4.52. The average molecular weight is 465 g/mol. The number of benzene rings is 1. The molecule has 1 aliphatic heterocycles. The molecule has 0 bridgehead atoms. The summed E-state index contributed by atoms with van der Waals surface area (Å²) in [4.78, 5) is 2.46. The number of anilines is 1. The van der Waals surface area contributed by atoms with Crippen molar-refractivity contribution in [2.75, 3.05) is 25.0 Å². The quantitative estimate of drug-likeness (QED) is 0.600. The number of piperidine rings is 1. The minimum absolute atomic E-state index is 0.164. The molecule has 1 saturated heterocycles. The number of nitrogens with one attached hydrogen (secondary N) is 1. The molecule has 180 valence electrons. The lowest BCUT2D eigenvalue weighted by molar-refractivity contribution is -0.137. The SMILES string of the molecule is Cc1cc(N[C@@H]2CCCN(CC3CCCC(O)C3)C2)nnc1-c1ccc(C(F)(F)F)cc1O. The van der Waals surface area contributed by atoms with Gasteiger partial charge in [0, 0.05) is 24.7 Å². The van der Waals surface area contributed by atoms with Gasteiger partial charge in [0.15, 0.2) is 0 Å². The summed E-state index contributed by atoms with van der Waals surface area (Å²) >= 11 is 0. The first kappa shape index (κ1) is 23.8. The Bertz CT molecular complexity index is 969. The fourth-order valence-electron chi connectivity index (χ4n) is 5.07. The standard InChI is InChI=1S/C24H31F3N4O2/c1-15-10-22(29-30-23(15)20-8-7-17(12-21(20)33)24(25,26)27)28-18-5-3-9-31(14-18)13-16-4-2-6-19(32)11-16/h7-8,10,12,16,18-19,32-33H,2-6,9,11,13-14H2,1H3,(H,28,29)/t16?,18-,19?/m1/s1. The lowest BCUT2D eigenvalue weighted by Gasteiger charge is -2.37. The third-order valence-corrected chi connectivity index (χ3v) is 6.69. The Morgan fingerprint density at radius 2 is 1.94 bits per heavy atom. The number of phenolic OH excluding ortho intramolecular Hbond substituents is 1. The summed E-state index contributed by atoms with van der Waals surface area (Å²) < 4.78 is 38.6. The zero-order valence-electron chi connectivity index (χ0n) is 18.8. The van der Waals surface area contributed by atoms with Crippen molar-refractivity contribution in [1.82, 2.24) is 15.1 Å². The second kappa shape index (κ2) is 9.85. The van der Waals surface area contributed by atoms with E-state index in [-0.39, 0.29) is 17.7 Å². The van der Waals surface area contributed by atoms with Gasteiger partial charge in [0.25, 0.3) is 0 Å². The van der Waals surface area contributed by atoms with Crippen molar-refractivity contribution in [2.24, 2.45) is 5.92 Å². The second-order valence-electron chi connectivity index (χ2n) is 9.42. The zero-order chi connectivity index (χ0) is 23.6. The van der Waals surface area contributed by atoms with E-state index in [0.29, 0.717) is 29.1 Å². The van der Waals surface area contributed by atoms with Crippen molar-refractivity contribution < 1.29 is 23.4 Å². The number of hydrogen-bond donors (Lipinski definition) is 3. The van der Waals surface area contributed by atoms with Crippen molar-refractivity contribution in [2.45, 2.75) is 63.8 Å². The van der Waals surface area contributed by atoms with Crippen molar-refractivity contribution in [1.29, 1.82) is 0 Å². The molecule has 3 N–H and O–H groups in total. The molecule has 33 heavy (non-hydrogen) atoms. The van der Waals surface area contributed by atoms with Crippen LogP contribution in [0, 0.1) is 12.8 Å². The van der Waals surface area contributed by atoms with Crippen molar-refractivity contribution in [3.05, 3.63) is 35.4 Å². The molecule has 4 rings (SSSR count). The number of aliphatic hydroxyl groups is 1. The van der Waals surface area contributed by atoms with E-state index in [1.54, 1.807) is 6.92 Å². The molecule has 1 aliphatic carbocycles. The highest BCUT2D eigenvalue weighted by atomic mass is 19.4. The molecule has 2 aromatic rings. The Balaban J connectivity index is 1.40. The molecule has 1 aromatic carbocycles. The predicted molar refractivity (Wildman–Crippen MR) is 120 cm³/mol. The van der Waals surface area contributed by atoms with Crippen molar-refractivity contribution in [3.8, 4) is 17.0 Å². The van der Waals surface area contributed by atoms with Crippen LogP contribution in [0.4, 0.5) is 19.0 Å². The van der Waals surface area contributed by atoms with Gasteiger partial charge in [0.05, 0.1) is 17.4 Å². The Morgan fingerprint density at radius 3 is 2.64 bits per heavy atom. The molecule has 0 radical (unpaired) electrons. The van der Waals surface area contributed by atoms with Gasteiger partial charge in [-0.15, -0.1) is 10.2 Å². The van der Waals surface area contributed by atoms with Crippen molar-refractivity contribution in [3.63, 3.8) is 0 Å². The highest BCUT2D eigenvalue weighted by molar-refractivity contribution is 5.70. The monoisotopic (exact) mass is 464 g/mol. The van der Waals surface area contributed by atoms with Gasteiger partial charge in [-0.2, -0.15) is 13.2 Å². The highest BCUT2D eigenvalue weighted by Gasteiger charge is 2.31. The molecule has 2 heterocycles. The van der Waals surface area contributed by atoms with E-state index in [1.165, 1.54) is 12.5 Å². The molecule has 0 spiro atoms. The minimum Gasteiger partial charge on any atom is -0.507 e. The lowest BCUT2D eigenvalue weighted by Crippen LogP contribution is -2.44. The molecular weight excluding hydrogens is 433 g/mol. The number of rotatable bonds is 5. The first-order chi connectivity index (χ1) is 15.7. The molecule has 9 heteroatoms. The number of aliphatic hydroxyl groups excluding tert-OH is 1. The molecule has 0 amide bonds. The predicted octanol–water partition coefficient (Wildman–Crippen LogP) is 4.60. The Hall–Kier alpha value is -2.39. The van der Waals surface area contributed by atoms with Crippen LogP contribution in [0.2, 0.25) is 0 Å². The normalized spacial score (nSPS) is 24.6. The van der Waals surface area contributed by atoms with Gasteiger partial charge in [-0.1, -0.05) is 6.42 Å². The van der Waals surface area contributed by atoms with Crippen LogP contribution in [-0.4, -0.2) is 57.1 Å². The Morgan fingerprint density at radius 1 is 1.12 bits per heavy atom. The highest BCUT2D eigenvalue weighted by Crippen LogP contribution is 2.37. The topological polar surface area (TPSA) is 81.5 Å². The molecule has 6 nitrogen and oxygen atoms in total. The van der Waals surface area contributed by atoms with Gasteiger partial charge < -0.3 is 20.4 Å². The van der Waals surface area contributed by atoms with Gasteiger partial charge in [-0.25, -0.2) is 0 Å². The van der Waals surface area contributed by atoms with Gasteiger partial charge in [0.1, 0.15) is 11.6 Å². The fourth-order valence-corrected chi connectivity index (χ4v) is 5.07. The first-order valence-electron chi connectivity index (χ1n) is 11.6. The van der Waals surface area contributed by atoms with E-state index >= 15 is 0 Å². The summed E-state index contributed by atoms with van der Waals surface area (Å²) in [5, 5.41) is 31.9. The number of aryl methyl sites for hydroxylation is 1. The molecule has 2 fully saturated rings. The summed E-state index contributed by atoms with van der Waals surface area (Å²) in [5.41, 5.74) is 0.384. The fraction of sp³-hybridized carbons (Fsp3) is 0.583. The molecule has 1 aromatic heterocycles. The number of aromatic nitrogens is 2. The van der Waals surface area contributed by atoms with Crippen molar-refractivity contribution >= 4 is 5.82 Å². The van der Waals surface area contributed by atoms with Gasteiger partial charge >= 0.3 is 6.18 Å². The molecular formula is C24H31F3N4O2. The number of hydrogen-bond acceptors (Lipinski definition) is 6. The van der Waals surface area contributed by atoms with E-state index in [4.69, 9.17) is 0 Å². The van der Waals surface area contributed by atoms with Crippen LogP contribution >= 0.6 is 0 Å². The maximum Gasteiger partial charge on any atom is 0.416 e. The van der Waals surface area contributed by atoms with Crippen LogP contribution in [0.3, 0.4) is 0 Å². The Labute approximate surface area is 191 Å². The summed E-state index contributed by atoms with van der Waals surface area (Å²) in [5.74, 6) is 0.687. The molecule has 3 atom stereocenters. The van der Waals surface area contributed by atoms with Crippen LogP contribution < -0.4 is 5.32 Å². The number of likely N-dealkylation sites (tertiary alicyclic amines) is 1. The molecule has 2 aliphatic rings. The summed E-state index contributed by atoms with van der Waals surface area (Å²) in [6.07, 6.45) is 1.49. The third kappa shape index (κ3) is 5.95. The van der Waals surface area contributed by atoms with Gasteiger partial charge in [0.2, 0.25) is 0 Å². The Kier molecular flexibility index (Phi) is 7.09. The summed E-state index contributed by atoms with van der Waals surface area (Å²) in [7, 11) is 0. The van der Waals surface area contributed by atoms with E-state index in [1.807, 2.05) is 6.07 Å². The second-order valence-corrected chi connectivity index (χ2v) is 9.42. The van der Waals surface area contributed by atoms with Crippen LogP contribution in [0.5, 0.6) is 5.75 Å². The van der Waals surface area contributed by atoms with Gasteiger partial charge in [-0.3, -0.25) is 0 Å². The van der Waals surface area contributed by atoms with E-state index in [0.717, 1.165) is 57.8 Å². The number of halogens is 3. The maximum absolute atomic E-state index is 12.9. The number of alkyl halides is 3. The smallest absolute Gasteiger partial charge is 0.416 e. The molecule has 1 saturated carbocycles. The largest absolute Gasteiger partial charge is 0.507 e. The van der Waals surface area contributed by atoms with Gasteiger partial charge in [-0.05, 0) is 81.3 Å². The van der Waals surface area contributed by atoms with Crippen LogP contribution in [-0.2, 0) is 6.18 Å². The number of aromatic hydroxyl groups is 1. The summed E-state index contributed by atoms with van der Waals surface area (Å²) in [6, 6.07) is 4.92. The first-order valence-corrected chi connectivity index (χ1v) is 11.6. The zero-order valence-corrected chi connectivity index (χ0v) is 18.8. The average Bonchev–Trinajstić information content (AvgIpc) is 2.74. The maximum atomic E-state index is 12.9. The molecule has 2 unspecified atom stereocenters. The number of phenols is 1. The van der Waals surface area contributed by atoms with Crippen LogP contribution in [0.15, 0.2) is 24.3 Å². The van der Waals surface area contributed by atoms with Crippen LogP contribution in [0.1, 0.15) is 49.7 Å².